The summed E-state index contributed by atoms with van der Waals surface area (Å²) in [5.74, 6) is -2.19. The number of rotatable bonds is 20. The topological polar surface area (TPSA) is 133 Å². The molecule has 0 aromatic carbocycles. The summed E-state index contributed by atoms with van der Waals surface area (Å²) in [5.41, 5.74) is 0. The monoisotopic (exact) mass is 517 g/mol. The Bertz CT molecular complexity index is 453. The minimum atomic E-state index is -0.970. The van der Waals surface area contributed by atoms with Crippen LogP contribution in [0.2, 0.25) is 0 Å². The molecule has 9 heteroatoms. The Labute approximate surface area is 209 Å². The minimum absolute atomic E-state index is 0. The second-order valence-electron chi connectivity index (χ2n) is 7.60. The Hall–Kier alpha value is -1.61. The summed E-state index contributed by atoms with van der Waals surface area (Å²) in [6, 6.07) is 0. The summed E-state index contributed by atoms with van der Waals surface area (Å²) in [6.07, 6.45) is 12.4. The predicted molar refractivity (Wildman–Crippen MR) is 117 cm³/mol. The Balaban J connectivity index is -0.000000529. The molecule has 0 fully saturated rings. The molecule has 0 atom stereocenters. The molecule has 0 unspecified atom stereocenters. The maximum absolute atomic E-state index is 11.0. The van der Waals surface area contributed by atoms with Gasteiger partial charge >= 0.3 is 28.7 Å². The molecule has 1 radical (unpaired) electrons. The molecule has 0 amide bonds. The van der Waals surface area contributed by atoms with Crippen LogP contribution in [0.5, 0.6) is 0 Å². The van der Waals surface area contributed by atoms with E-state index in [0.717, 1.165) is 64.2 Å². The summed E-state index contributed by atoms with van der Waals surface area (Å²) < 4.78 is 9.60. The molecule has 0 rings (SSSR count). The van der Waals surface area contributed by atoms with Crippen LogP contribution in [-0.2, 0) is 45.4 Å². The van der Waals surface area contributed by atoms with Crippen molar-refractivity contribution in [1.82, 2.24) is 0 Å². The fraction of sp³-hybridized carbons (Fsp3) is 0.833. The van der Waals surface area contributed by atoms with Gasteiger partial charge in [0.2, 0.25) is 0 Å². The van der Waals surface area contributed by atoms with Gasteiger partial charge in [-0.15, -0.1) is 0 Å². The third-order valence-corrected chi connectivity index (χ3v) is 4.63. The van der Waals surface area contributed by atoms with Crippen molar-refractivity contribution in [2.24, 2.45) is 0 Å². The normalized spacial score (nSPS) is 9.76. The van der Waals surface area contributed by atoms with Gasteiger partial charge in [0.25, 0.3) is 0 Å². The summed E-state index contributed by atoms with van der Waals surface area (Å²) >= 11 is 0. The second kappa shape index (κ2) is 28.4. The van der Waals surface area contributed by atoms with E-state index in [1.165, 1.54) is 0 Å². The van der Waals surface area contributed by atoms with Crippen molar-refractivity contribution in [2.45, 2.75) is 117 Å². The van der Waals surface area contributed by atoms with Gasteiger partial charge < -0.3 is 29.3 Å². The molecule has 0 saturated heterocycles. The third kappa shape index (κ3) is 35.2. The van der Waals surface area contributed by atoms with Gasteiger partial charge in [0, 0.05) is 24.8 Å². The molecule has 0 aromatic heterocycles. The molecular weight excluding hydrogens is 475 g/mol. The van der Waals surface area contributed by atoms with Crippen molar-refractivity contribution < 1.29 is 55.6 Å². The Morgan fingerprint density at radius 1 is 0.485 bits per heavy atom. The second-order valence-corrected chi connectivity index (χ2v) is 7.60. The Morgan fingerprint density at radius 3 is 0.970 bits per heavy atom. The van der Waals surface area contributed by atoms with Gasteiger partial charge in [-0.3, -0.25) is 9.59 Å². The van der Waals surface area contributed by atoms with E-state index in [2.05, 4.69) is 0 Å². The van der Waals surface area contributed by atoms with Gasteiger partial charge in [-0.1, -0.05) is 51.4 Å². The van der Waals surface area contributed by atoms with Crippen molar-refractivity contribution in [3.8, 4) is 0 Å². The quantitative estimate of drug-likeness (QED) is 0.178. The van der Waals surface area contributed by atoms with E-state index in [9.17, 15) is 29.4 Å². The molecule has 0 aromatic rings. The smallest absolute Gasteiger partial charge is 0.550 e. The van der Waals surface area contributed by atoms with E-state index < -0.39 is 11.9 Å². The van der Waals surface area contributed by atoms with Crippen molar-refractivity contribution in [2.75, 3.05) is 13.2 Å². The zero-order chi connectivity index (χ0) is 24.5. The summed E-state index contributed by atoms with van der Waals surface area (Å²) in [4.78, 5) is 42.1. The number of hydrogen-bond donors (Lipinski definition) is 0. The van der Waals surface area contributed by atoms with Crippen LogP contribution >= 0.6 is 0 Å². The molecule has 0 saturated carbocycles. The van der Waals surface area contributed by atoms with E-state index in [0.29, 0.717) is 38.9 Å². The average molecular weight is 518 g/mol. The van der Waals surface area contributed by atoms with Crippen LogP contribution < -0.4 is 10.2 Å². The average Bonchev–Trinajstić information content (AvgIpc) is 2.72. The number of aliphatic carboxylic acids is 2. The zero-order valence-corrected chi connectivity index (χ0v) is 21.4. The van der Waals surface area contributed by atoms with E-state index in [1.54, 1.807) is 13.8 Å². The molecule has 8 nitrogen and oxygen atoms in total. The first-order chi connectivity index (χ1) is 15.3. The van der Waals surface area contributed by atoms with Crippen LogP contribution in [0.15, 0.2) is 0 Å². The number of carboxylic acids is 2. The van der Waals surface area contributed by atoms with Crippen molar-refractivity contribution in [3.05, 3.63) is 0 Å². The number of carboxylic acid groups (broad SMARTS) is 2. The summed E-state index contributed by atoms with van der Waals surface area (Å²) in [5, 5.41) is 20.2. The van der Waals surface area contributed by atoms with E-state index in [1.807, 2.05) is 0 Å². The minimum Gasteiger partial charge on any atom is -0.550 e. The van der Waals surface area contributed by atoms with Crippen LogP contribution in [0.25, 0.3) is 0 Å². The number of ether oxygens (including phenoxy) is 2. The number of unbranched alkanes of at least 4 members (excludes halogenated alkanes) is 10. The van der Waals surface area contributed by atoms with Crippen LogP contribution in [0.1, 0.15) is 117 Å². The van der Waals surface area contributed by atoms with Gasteiger partial charge in [-0.05, 0) is 52.4 Å². The molecule has 0 aliphatic rings. The number of esters is 2. The van der Waals surface area contributed by atoms with Crippen molar-refractivity contribution >= 4 is 23.9 Å². The third-order valence-electron chi connectivity index (χ3n) is 4.63. The standard InChI is InChI=1S/2C12H22O4.Co/c2*1-2-16-12(15)10-8-6-4-3-5-7-9-11(13)14;/h2*2-10H2,1H3,(H,13,14);/q;;+2/p-2. The van der Waals surface area contributed by atoms with Crippen LogP contribution in [-0.4, -0.2) is 37.1 Å². The predicted octanol–water partition coefficient (Wildman–Crippen LogP) is 2.84. The van der Waals surface area contributed by atoms with E-state index in [4.69, 9.17) is 9.47 Å². The summed E-state index contributed by atoms with van der Waals surface area (Å²) in [6.45, 7) is 4.49. The van der Waals surface area contributed by atoms with Crippen molar-refractivity contribution in [1.29, 1.82) is 0 Å². The molecular formula is C24H42CoO8. The maximum Gasteiger partial charge on any atom is 2.00 e. The first kappa shape index (κ1) is 36.0. The Kier molecular flexibility index (Phi) is 31.0. The molecule has 0 aliphatic carbocycles. The summed E-state index contributed by atoms with van der Waals surface area (Å²) in [7, 11) is 0. The molecule has 33 heavy (non-hydrogen) atoms. The molecule has 0 N–H and O–H groups in total. The Morgan fingerprint density at radius 2 is 0.727 bits per heavy atom. The van der Waals surface area contributed by atoms with Gasteiger partial charge in [-0.2, -0.15) is 0 Å². The molecule has 0 aliphatic heterocycles. The fourth-order valence-corrected chi connectivity index (χ4v) is 2.96. The first-order valence-electron chi connectivity index (χ1n) is 12.0. The SMILES string of the molecule is CCOC(=O)CCCCCCCCC(=O)[O-].CCOC(=O)CCCCCCCCC(=O)[O-].[Co+2]. The molecule has 0 spiro atoms. The number of hydrogen-bond acceptors (Lipinski definition) is 8. The van der Waals surface area contributed by atoms with Gasteiger partial charge in [0.15, 0.2) is 0 Å². The van der Waals surface area contributed by atoms with Gasteiger partial charge in [0.05, 0.1) is 13.2 Å². The number of carbonyl (C=O) groups is 4. The van der Waals surface area contributed by atoms with Crippen LogP contribution in [0.4, 0.5) is 0 Å². The van der Waals surface area contributed by atoms with Crippen molar-refractivity contribution in [3.63, 3.8) is 0 Å². The van der Waals surface area contributed by atoms with Gasteiger partial charge in [0.1, 0.15) is 0 Å². The molecule has 0 heterocycles. The fourth-order valence-electron chi connectivity index (χ4n) is 2.96. The van der Waals surface area contributed by atoms with Crippen LogP contribution in [0, 0.1) is 0 Å². The molecule has 195 valence electrons. The number of carbonyl (C=O) groups excluding carboxylic acids is 4. The van der Waals surface area contributed by atoms with Crippen LogP contribution in [0.3, 0.4) is 0 Å². The van der Waals surface area contributed by atoms with E-state index in [-0.39, 0.29) is 41.6 Å². The van der Waals surface area contributed by atoms with E-state index >= 15 is 0 Å². The maximum atomic E-state index is 11.0. The largest absolute Gasteiger partial charge is 2.00 e. The van der Waals surface area contributed by atoms with Gasteiger partial charge in [-0.25, -0.2) is 0 Å². The molecule has 0 bridgehead atoms. The first-order valence-corrected chi connectivity index (χ1v) is 12.0. The zero-order valence-electron chi connectivity index (χ0n) is 20.3.